The first-order valence-electron chi connectivity index (χ1n) is 7.37. The molecule has 4 rings (SSSR count). The molecule has 2 aliphatic rings. The molecule has 0 bridgehead atoms. The van der Waals surface area contributed by atoms with Crippen molar-refractivity contribution < 1.29 is 9.47 Å². The summed E-state index contributed by atoms with van der Waals surface area (Å²) >= 11 is 0. The predicted octanol–water partition coefficient (Wildman–Crippen LogP) is 1.88. The number of rotatable bonds is 2. The Labute approximate surface area is 117 Å². The number of piperidine rings is 1. The number of nitrogens with zero attached hydrogens (tertiary/aromatic N) is 1. The molecule has 0 spiro atoms. The summed E-state index contributed by atoms with van der Waals surface area (Å²) in [6.45, 7) is 3.48. The predicted molar refractivity (Wildman–Crippen MR) is 76.4 cm³/mol. The van der Waals surface area contributed by atoms with E-state index in [1.807, 2.05) is 12.1 Å². The van der Waals surface area contributed by atoms with Gasteiger partial charge in [0.15, 0.2) is 11.5 Å². The van der Waals surface area contributed by atoms with Crippen LogP contribution in [0.3, 0.4) is 0 Å². The molecule has 2 N–H and O–H groups in total. The number of benzene rings is 1. The van der Waals surface area contributed by atoms with Crippen LogP contribution < -0.4 is 14.8 Å². The Morgan fingerprint density at radius 2 is 2.05 bits per heavy atom. The molecule has 0 aliphatic carbocycles. The minimum atomic E-state index is 0.615. The van der Waals surface area contributed by atoms with E-state index in [1.54, 1.807) is 0 Å². The van der Waals surface area contributed by atoms with Crippen LogP contribution >= 0.6 is 0 Å². The molecule has 1 aromatic carbocycles. The van der Waals surface area contributed by atoms with Crippen molar-refractivity contribution in [2.24, 2.45) is 5.92 Å². The highest BCUT2D eigenvalue weighted by Crippen LogP contribution is 2.33. The number of nitrogens with one attached hydrogen (secondary N) is 2. The molecule has 1 unspecified atom stereocenters. The van der Waals surface area contributed by atoms with Crippen molar-refractivity contribution in [3.63, 3.8) is 0 Å². The summed E-state index contributed by atoms with van der Waals surface area (Å²) < 4.78 is 11.2. The molecule has 2 aliphatic heterocycles. The molecule has 0 amide bonds. The first kappa shape index (κ1) is 12.0. The van der Waals surface area contributed by atoms with E-state index in [1.165, 1.54) is 12.8 Å². The van der Waals surface area contributed by atoms with Crippen LogP contribution in [0.15, 0.2) is 12.1 Å². The van der Waals surface area contributed by atoms with Crippen LogP contribution in [0.5, 0.6) is 11.5 Å². The number of hydrogen-bond donors (Lipinski definition) is 2. The van der Waals surface area contributed by atoms with E-state index in [0.717, 1.165) is 47.9 Å². The van der Waals surface area contributed by atoms with Gasteiger partial charge in [0.25, 0.3) is 0 Å². The highest BCUT2D eigenvalue weighted by atomic mass is 16.6. The summed E-state index contributed by atoms with van der Waals surface area (Å²) in [6.07, 6.45) is 3.56. The summed E-state index contributed by atoms with van der Waals surface area (Å²) in [5, 5.41) is 3.45. The van der Waals surface area contributed by atoms with Crippen molar-refractivity contribution in [1.82, 2.24) is 15.3 Å². The van der Waals surface area contributed by atoms with Crippen molar-refractivity contribution >= 4 is 11.0 Å². The van der Waals surface area contributed by atoms with Crippen LogP contribution in [0.4, 0.5) is 0 Å². The molecule has 20 heavy (non-hydrogen) atoms. The summed E-state index contributed by atoms with van der Waals surface area (Å²) in [5.41, 5.74) is 2.00. The summed E-state index contributed by atoms with van der Waals surface area (Å²) in [7, 11) is 0. The van der Waals surface area contributed by atoms with Gasteiger partial charge in [0.2, 0.25) is 0 Å². The number of aromatic amines is 1. The summed E-state index contributed by atoms with van der Waals surface area (Å²) in [5.74, 6) is 3.38. The Kier molecular flexibility index (Phi) is 2.99. The van der Waals surface area contributed by atoms with Gasteiger partial charge in [-0.3, -0.25) is 0 Å². The number of imidazole rings is 1. The first-order chi connectivity index (χ1) is 9.88. The molecule has 1 atom stereocenters. The molecule has 0 radical (unpaired) electrons. The molecule has 1 saturated heterocycles. The third-order valence-electron chi connectivity index (χ3n) is 4.08. The van der Waals surface area contributed by atoms with Gasteiger partial charge in [0.1, 0.15) is 19.0 Å². The van der Waals surface area contributed by atoms with Gasteiger partial charge in [0.05, 0.1) is 11.0 Å². The second kappa shape index (κ2) is 4.98. The second-order valence-corrected chi connectivity index (χ2v) is 5.61. The molecular formula is C15H19N3O2. The number of H-pyrrole nitrogens is 1. The van der Waals surface area contributed by atoms with Crippen LogP contribution in [-0.4, -0.2) is 36.3 Å². The van der Waals surface area contributed by atoms with E-state index >= 15 is 0 Å². The van der Waals surface area contributed by atoms with E-state index in [4.69, 9.17) is 14.5 Å². The number of hydrogen-bond acceptors (Lipinski definition) is 4. The topological polar surface area (TPSA) is 59.2 Å². The standard InChI is InChI=1S/C15H19N3O2/c1-2-10(9-16-3-1)6-15-17-11-7-13-14(8-12(11)18-15)20-5-4-19-13/h7-8,10,16H,1-6,9H2,(H,17,18). The molecule has 5 nitrogen and oxygen atoms in total. The molecule has 106 valence electrons. The fourth-order valence-corrected chi connectivity index (χ4v) is 3.07. The maximum absolute atomic E-state index is 5.61. The van der Waals surface area contributed by atoms with Crippen LogP contribution in [-0.2, 0) is 6.42 Å². The van der Waals surface area contributed by atoms with E-state index in [0.29, 0.717) is 19.1 Å². The van der Waals surface area contributed by atoms with Gasteiger partial charge in [-0.1, -0.05) is 0 Å². The van der Waals surface area contributed by atoms with E-state index in [-0.39, 0.29) is 0 Å². The summed E-state index contributed by atoms with van der Waals surface area (Å²) in [6, 6.07) is 3.97. The third-order valence-corrected chi connectivity index (χ3v) is 4.08. The molecule has 2 aromatic rings. The average Bonchev–Trinajstić information content (AvgIpc) is 2.86. The third kappa shape index (κ3) is 2.22. The number of fused-ring (bicyclic) bond motifs is 2. The van der Waals surface area contributed by atoms with E-state index in [2.05, 4.69) is 10.3 Å². The lowest BCUT2D eigenvalue weighted by atomic mass is 9.96. The van der Waals surface area contributed by atoms with E-state index in [9.17, 15) is 0 Å². The maximum Gasteiger partial charge on any atom is 0.163 e. The SMILES string of the molecule is c1c2c(cc3[nH]c(CC4CCCNC4)nc13)OCCO2. The molecule has 0 saturated carbocycles. The van der Waals surface area contributed by atoms with Gasteiger partial charge < -0.3 is 19.8 Å². The fraction of sp³-hybridized carbons (Fsp3) is 0.533. The largest absolute Gasteiger partial charge is 0.486 e. The van der Waals surface area contributed by atoms with Crippen LogP contribution in [0.2, 0.25) is 0 Å². The normalized spacial score (nSPS) is 22.1. The fourth-order valence-electron chi connectivity index (χ4n) is 3.07. The quantitative estimate of drug-likeness (QED) is 0.877. The lowest BCUT2D eigenvalue weighted by Crippen LogP contribution is -2.31. The molecular weight excluding hydrogens is 254 g/mol. The molecule has 1 aromatic heterocycles. The van der Waals surface area contributed by atoms with Gasteiger partial charge in [-0.15, -0.1) is 0 Å². The highest BCUT2D eigenvalue weighted by molar-refractivity contribution is 5.79. The first-order valence-corrected chi connectivity index (χ1v) is 7.37. The van der Waals surface area contributed by atoms with Gasteiger partial charge in [-0.05, 0) is 31.8 Å². The maximum atomic E-state index is 5.61. The lowest BCUT2D eigenvalue weighted by Gasteiger charge is -2.21. The van der Waals surface area contributed by atoms with Crippen molar-refractivity contribution in [3.05, 3.63) is 18.0 Å². The van der Waals surface area contributed by atoms with Gasteiger partial charge in [-0.2, -0.15) is 0 Å². The Morgan fingerprint density at radius 3 is 2.85 bits per heavy atom. The van der Waals surface area contributed by atoms with Crippen LogP contribution in [0, 0.1) is 5.92 Å². The Bertz CT molecular complexity index is 574. The Balaban J connectivity index is 1.61. The smallest absolute Gasteiger partial charge is 0.163 e. The molecule has 1 fully saturated rings. The highest BCUT2D eigenvalue weighted by Gasteiger charge is 2.18. The number of aromatic nitrogens is 2. The average molecular weight is 273 g/mol. The van der Waals surface area contributed by atoms with Crippen molar-refractivity contribution in [3.8, 4) is 11.5 Å². The molecule has 3 heterocycles. The van der Waals surface area contributed by atoms with Crippen molar-refractivity contribution in [2.45, 2.75) is 19.3 Å². The Hall–Kier alpha value is -1.75. The lowest BCUT2D eigenvalue weighted by molar-refractivity contribution is 0.172. The van der Waals surface area contributed by atoms with Crippen LogP contribution in [0.1, 0.15) is 18.7 Å². The van der Waals surface area contributed by atoms with Crippen LogP contribution in [0.25, 0.3) is 11.0 Å². The van der Waals surface area contributed by atoms with Gasteiger partial charge in [-0.25, -0.2) is 4.98 Å². The zero-order chi connectivity index (χ0) is 13.4. The van der Waals surface area contributed by atoms with E-state index < -0.39 is 0 Å². The second-order valence-electron chi connectivity index (χ2n) is 5.61. The monoisotopic (exact) mass is 273 g/mol. The Morgan fingerprint density at radius 1 is 1.20 bits per heavy atom. The number of ether oxygens (including phenoxy) is 2. The van der Waals surface area contributed by atoms with Gasteiger partial charge in [0, 0.05) is 18.6 Å². The zero-order valence-corrected chi connectivity index (χ0v) is 11.4. The minimum absolute atomic E-state index is 0.615. The zero-order valence-electron chi connectivity index (χ0n) is 11.4. The summed E-state index contributed by atoms with van der Waals surface area (Å²) in [4.78, 5) is 8.11. The van der Waals surface area contributed by atoms with Gasteiger partial charge >= 0.3 is 0 Å². The molecule has 5 heteroatoms. The van der Waals surface area contributed by atoms with Crippen molar-refractivity contribution in [1.29, 1.82) is 0 Å². The van der Waals surface area contributed by atoms with Crippen molar-refractivity contribution in [2.75, 3.05) is 26.3 Å². The minimum Gasteiger partial charge on any atom is -0.486 e.